The van der Waals surface area contributed by atoms with Crippen molar-refractivity contribution in [3.8, 4) is 0 Å². The van der Waals surface area contributed by atoms with E-state index in [9.17, 15) is 24.3 Å². The lowest BCUT2D eigenvalue weighted by Crippen LogP contribution is -2.35. The third-order valence-electron chi connectivity index (χ3n) is 12.5. The molecule has 0 radical (unpaired) electrons. The van der Waals surface area contributed by atoms with Crippen LogP contribution in [-0.4, -0.2) is 54.4 Å². The van der Waals surface area contributed by atoms with E-state index in [1.165, 1.54) is 21.4 Å². The van der Waals surface area contributed by atoms with Crippen molar-refractivity contribution in [2.75, 3.05) is 11.4 Å². The second-order valence-electron chi connectivity index (χ2n) is 16.9. The molecule has 1 saturated carbocycles. The number of thiocarbonyl (C=S) groups is 1. The first-order valence-electron chi connectivity index (χ1n) is 22.4. The molecule has 2 aliphatic heterocycles. The highest BCUT2D eigenvalue weighted by Crippen LogP contribution is 2.52. The van der Waals surface area contributed by atoms with Crippen LogP contribution < -0.4 is 19.7 Å². The van der Waals surface area contributed by atoms with Gasteiger partial charge in [-0.1, -0.05) is 154 Å². The molecule has 2 fully saturated rings. The lowest BCUT2D eigenvalue weighted by molar-refractivity contribution is -0.138. The Morgan fingerprint density at radius 3 is 2.00 bits per heavy atom. The molecule has 330 valence electrons. The minimum atomic E-state index is -1.16. The Hall–Kier alpha value is -5.56. The number of aromatic nitrogens is 1. The lowest BCUT2D eigenvalue weighted by Gasteiger charge is -2.27. The van der Waals surface area contributed by atoms with Crippen LogP contribution in [0.15, 0.2) is 108 Å². The maximum atomic E-state index is 13.9. The number of benzene rings is 4. The molecule has 4 aromatic carbocycles. The molecule has 0 spiro atoms. The van der Waals surface area contributed by atoms with Gasteiger partial charge in [0.25, 0.3) is 11.5 Å². The summed E-state index contributed by atoms with van der Waals surface area (Å²) in [5.41, 5.74) is 8.60. The Bertz CT molecular complexity index is 2690. The summed E-state index contributed by atoms with van der Waals surface area (Å²) < 4.78 is 2.31. The molecule has 2 atom stereocenters. The number of thiazole rings is 1. The van der Waals surface area contributed by atoms with E-state index in [1.54, 1.807) is 4.90 Å². The normalized spacial score (nSPS) is 17.8. The van der Waals surface area contributed by atoms with Crippen molar-refractivity contribution in [1.82, 2.24) is 9.47 Å². The Morgan fingerprint density at radius 1 is 0.734 bits per heavy atom. The first-order chi connectivity index (χ1) is 31.2. The van der Waals surface area contributed by atoms with Crippen LogP contribution in [0.3, 0.4) is 0 Å². The first-order valence-corrected chi connectivity index (χ1v) is 24.5. The van der Waals surface area contributed by atoms with Gasteiger partial charge in [0.2, 0.25) is 0 Å². The van der Waals surface area contributed by atoms with Crippen LogP contribution in [0.5, 0.6) is 0 Å². The van der Waals surface area contributed by atoms with Crippen LogP contribution >= 0.6 is 35.3 Å². The van der Waals surface area contributed by atoms with Gasteiger partial charge in [0, 0.05) is 36.3 Å². The predicted octanol–water partition coefficient (Wildman–Crippen LogP) is 10.2. The maximum Gasteiger partial charge on any atom is 0.323 e. The van der Waals surface area contributed by atoms with Crippen LogP contribution in [-0.2, 0) is 20.9 Å². The van der Waals surface area contributed by atoms with Crippen molar-refractivity contribution in [3.63, 3.8) is 0 Å². The number of nitrogens with zero attached hydrogens (tertiary/aromatic N) is 3. The van der Waals surface area contributed by atoms with Gasteiger partial charge in [0.05, 0.1) is 4.53 Å². The molecule has 8 rings (SSSR count). The average Bonchev–Trinajstić information content (AvgIpc) is 4.04. The van der Waals surface area contributed by atoms with Crippen molar-refractivity contribution in [2.24, 2.45) is 0 Å². The third kappa shape index (κ3) is 10.4. The lowest BCUT2D eigenvalue weighted by atomic mass is 9.95. The monoisotopic (exact) mass is 911 g/mol. The number of unbranched alkanes of at least 4 members (excludes halogenated alkanes) is 8. The quantitative estimate of drug-likeness (QED) is 0.0474. The van der Waals surface area contributed by atoms with Crippen molar-refractivity contribution in [1.29, 1.82) is 0 Å². The molecule has 1 amide bonds. The average molecular weight is 912 g/mol. The Kier molecular flexibility index (Phi) is 14.7. The van der Waals surface area contributed by atoms with Crippen molar-refractivity contribution < 1.29 is 24.6 Å². The molecule has 3 heterocycles. The highest BCUT2D eigenvalue weighted by molar-refractivity contribution is 8.30. The van der Waals surface area contributed by atoms with Gasteiger partial charge in [-0.25, -0.2) is 0 Å². The number of fused-ring (bicyclic) bond motifs is 3. The number of carbonyl (C=O) groups excluding carboxylic acids is 1. The molecule has 1 saturated heterocycles. The molecule has 5 aromatic rings. The van der Waals surface area contributed by atoms with E-state index in [1.807, 2.05) is 24.3 Å². The zero-order chi connectivity index (χ0) is 44.6. The first kappa shape index (κ1) is 45.0. The smallest absolute Gasteiger partial charge is 0.323 e. The molecule has 3 aliphatic rings. The number of carbonyl (C=O) groups is 3. The van der Waals surface area contributed by atoms with E-state index in [0.717, 1.165) is 128 Å². The molecule has 1 aromatic heterocycles. The number of hydrogen-bond donors (Lipinski definition) is 2. The summed E-state index contributed by atoms with van der Waals surface area (Å²) in [4.78, 5) is 54.8. The second-order valence-corrected chi connectivity index (χ2v) is 19.5. The Balaban J connectivity index is 0.996. The molecule has 0 bridgehead atoms. The van der Waals surface area contributed by atoms with Gasteiger partial charge in [-0.3, -0.25) is 28.6 Å². The molecule has 1 aliphatic carbocycles. The van der Waals surface area contributed by atoms with Crippen LogP contribution in [0.1, 0.15) is 117 Å². The van der Waals surface area contributed by atoms with Crippen molar-refractivity contribution in [3.05, 3.63) is 150 Å². The summed E-state index contributed by atoms with van der Waals surface area (Å²) in [6, 6.07) is 36.5. The zero-order valence-electron chi connectivity index (χ0n) is 35.8. The molecule has 64 heavy (non-hydrogen) atoms. The topological polar surface area (TPSA) is 120 Å². The van der Waals surface area contributed by atoms with Gasteiger partial charge in [0.1, 0.15) is 20.4 Å². The van der Waals surface area contributed by atoms with Crippen LogP contribution in [0, 0.1) is 0 Å². The standard InChI is InChI=1S/C52H53N3O6S3/c56-46(57)23-14-6-4-2-1-3-5-7-15-30-53-50(61)48(64-52(53)62)51-54(34-47(58)59)49(60)45(63-51)33-36-26-29-44-42(32-36)40-21-16-22-43(40)55(44)39-27-24-35(25-28-39)31-41(37-17-10-8-11-18-37)38-19-12-9-13-20-38/h8-13,17-20,24-29,31-33,40,43H,1-7,14-16,21-23,30,34H2,(H,56,57)(H,58,59)/b45-33+,51-48+. The molecular weight excluding hydrogens is 859 g/mol. The van der Waals surface area contributed by atoms with Crippen LogP contribution in [0.2, 0.25) is 0 Å². The fourth-order valence-electron chi connectivity index (χ4n) is 9.39. The Labute approximate surface area is 387 Å². The van der Waals surface area contributed by atoms with Gasteiger partial charge in [-0.05, 0) is 95.5 Å². The van der Waals surface area contributed by atoms with E-state index in [4.69, 9.17) is 17.3 Å². The minimum Gasteiger partial charge on any atom is -0.481 e. The zero-order valence-corrected chi connectivity index (χ0v) is 38.3. The van der Waals surface area contributed by atoms with Crippen molar-refractivity contribution >= 4 is 91.5 Å². The molecule has 12 heteroatoms. The summed E-state index contributed by atoms with van der Waals surface area (Å²) >= 11 is 7.93. The third-order valence-corrected chi connectivity index (χ3v) is 15.2. The number of thioether (sulfide) groups is 1. The van der Waals surface area contributed by atoms with E-state index in [2.05, 4.69) is 95.9 Å². The number of rotatable bonds is 19. The number of hydrogen-bond acceptors (Lipinski definition) is 8. The van der Waals surface area contributed by atoms with E-state index in [-0.39, 0.29) is 12.3 Å². The highest BCUT2D eigenvalue weighted by atomic mass is 32.2. The molecule has 9 nitrogen and oxygen atoms in total. The fraction of sp³-hybridized carbons (Fsp3) is 0.327. The number of carboxylic acids is 2. The highest BCUT2D eigenvalue weighted by Gasteiger charge is 2.42. The van der Waals surface area contributed by atoms with E-state index < -0.39 is 24.0 Å². The summed E-state index contributed by atoms with van der Waals surface area (Å²) in [5.74, 6) is -1.84. The fourth-order valence-corrected chi connectivity index (χ4v) is 12.0. The predicted molar refractivity (Wildman–Crippen MR) is 263 cm³/mol. The van der Waals surface area contributed by atoms with Gasteiger partial charge in [-0.2, -0.15) is 0 Å². The summed E-state index contributed by atoms with van der Waals surface area (Å²) in [6.45, 7) is -0.0880. The summed E-state index contributed by atoms with van der Waals surface area (Å²) in [5, 5.41) is 18.6. The number of aliphatic carboxylic acids is 2. The molecular formula is C52H53N3O6S3. The summed E-state index contributed by atoms with van der Waals surface area (Å²) in [7, 11) is 0. The summed E-state index contributed by atoms with van der Waals surface area (Å²) in [6.07, 6.45) is 16.4. The van der Waals surface area contributed by atoms with E-state index in [0.29, 0.717) is 36.9 Å². The SMILES string of the molecule is O=C(O)CCCCCCCCCCCN1C(=O)/C(=c2\s/c(=C/c3ccc4c(c3)C3CCCC3N4c3ccc(C=C(c4ccccc4)c4ccccc4)cc3)c(=O)n2CC(=O)O)SC1=S. The minimum absolute atomic E-state index is 0.233. The molecule has 2 unspecified atom stereocenters. The van der Waals surface area contributed by atoms with Crippen LogP contribution in [0.25, 0.3) is 22.6 Å². The largest absolute Gasteiger partial charge is 0.481 e. The van der Waals surface area contributed by atoms with Gasteiger partial charge in [-0.15, -0.1) is 11.3 Å². The van der Waals surface area contributed by atoms with Crippen molar-refractivity contribution in [2.45, 2.75) is 102 Å². The van der Waals surface area contributed by atoms with E-state index >= 15 is 0 Å². The van der Waals surface area contributed by atoms with Gasteiger partial charge >= 0.3 is 11.9 Å². The number of carboxylic acid groups (broad SMARTS) is 2. The molecule has 2 N–H and O–H groups in total. The second kappa shape index (κ2) is 21.0. The Morgan fingerprint density at radius 2 is 1.36 bits per heavy atom. The van der Waals surface area contributed by atoms with Crippen LogP contribution in [0.4, 0.5) is 11.4 Å². The number of amides is 1. The number of anilines is 2. The maximum absolute atomic E-state index is 13.9. The van der Waals surface area contributed by atoms with Gasteiger partial charge in [0.15, 0.2) is 0 Å². The van der Waals surface area contributed by atoms with Gasteiger partial charge < -0.3 is 15.1 Å².